The summed E-state index contributed by atoms with van der Waals surface area (Å²) in [7, 11) is 0. The Labute approximate surface area is 119 Å². The van der Waals surface area contributed by atoms with Crippen LogP contribution in [-0.4, -0.2) is 11.5 Å². The largest absolute Gasteiger partial charge is 0.416 e. The van der Waals surface area contributed by atoms with Crippen LogP contribution in [0.15, 0.2) is 42.7 Å². The number of hydrogen-bond donors (Lipinski definition) is 1. The molecule has 0 saturated heterocycles. The van der Waals surface area contributed by atoms with E-state index in [0.717, 1.165) is 12.3 Å². The monoisotopic (exact) mass is 298 g/mol. The molecule has 2 rings (SSSR count). The van der Waals surface area contributed by atoms with E-state index in [-0.39, 0.29) is 5.56 Å². The quantitative estimate of drug-likeness (QED) is 0.865. The van der Waals surface area contributed by atoms with Gasteiger partial charge in [0, 0.05) is 18.0 Å². The number of alkyl halides is 3. The second-order valence-corrected chi connectivity index (χ2v) is 4.51. The molecule has 0 bridgehead atoms. The normalized spacial score (nSPS) is 13.2. The molecule has 1 aromatic carbocycles. The maximum absolute atomic E-state index is 13.4. The number of nitrogens with one attached hydrogen (secondary N) is 1. The fourth-order valence-corrected chi connectivity index (χ4v) is 2.19. The summed E-state index contributed by atoms with van der Waals surface area (Å²) < 4.78 is 52.7. The van der Waals surface area contributed by atoms with Crippen molar-refractivity contribution < 1.29 is 17.6 Å². The van der Waals surface area contributed by atoms with Gasteiger partial charge in [0.05, 0.1) is 11.6 Å². The van der Waals surface area contributed by atoms with E-state index in [4.69, 9.17) is 0 Å². The Bertz CT molecular complexity index is 611. The van der Waals surface area contributed by atoms with Gasteiger partial charge in [-0.05, 0) is 30.3 Å². The van der Waals surface area contributed by atoms with Gasteiger partial charge in [-0.1, -0.05) is 19.1 Å². The number of aromatic nitrogens is 1. The third-order valence-electron chi connectivity index (χ3n) is 3.06. The van der Waals surface area contributed by atoms with Gasteiger partial charge in [-0.3, -0.25) is 4.98 Å². The molecule has 112 valence electrons. The lowest BCUT2D eigenvalue weighted by Gasteiger charge is -2.22. The van der Waals surface area contributed by atoms with Gasteiger partial charge in [0.1, 0.15) is 5.82 Å². The third-order valence-corrected chi connectivity index (χ3v) is 3.06. The van der Waals surface area contributed by atoms with Crippen molar-refractivity contribution in [3.8, 4) is 0 Å². The zero-order valence-electron chi connectivity index (χ0n) is 11.3. The van der Waals surface area contributed by atoms with Crippen molar-refractivity contribution in [3.63, 3.8) is 0 Å². The molecule has 0 aliphatic carbocycles. The first-order valence-electron chi connectivity index (χ1n) is 6.43. The first-order chi connectivity index (χ1) is 9.93. The van der Waals surface area contributed by atoms with Gasteiger partial charge in [-0.2, -0.15) is 13.2 Å². The minimum atomic E-state index is -4.49. The molecule has 0 aliphatic rings. The fraction of sp³-hybridized carbons (Fsp3) is 0.267. The van der Waals surface area contributed by atoms with Crippen LogP contribution in [-0.2, 0) is 6.18 Å². The van der Waals surface area contributed by atoms with Crippen LogP contribution >= 0.6 is 0 Å². The van der Waals surface area contributed by atoms with Gasteiger partial charge in [-0.25, -0.2) is 4.39 Å². The second-order valence-electron chi connectivity index (χ2n) is 4.51. The van der Waals surface area contributed by atoms with Gasteiger partial charge in [-0.15, -0.1) is 0 Å². The molecule has 1 heterocycles. The van der Waals surface area contributed by atoms with Crippen molar-refractivity contribution in [2.45, 2.75) is 19.1 Å². The Hall–Kier alpha value is -1.95. The Balaban J connectivity index is 2.54. The van der Waals surface area contributed by atoms with Crippen LogP contribution < -0.4 is 5.32 Å². The smallest absolute Gasteiger partial charge is 0.306 e. The summed E-state index contributed by atoms with van der Waals surface area (Å²) in [5.74, 6) is -0.493. The highest BCUT2D eigenvalue weighted by Gasteiger charge is 2.35. The molecule has 1 atom stereocenters. The van der Waals surface area contributed by atoms with E-state index in [1.807, 2.05) is 0 Å². The standard InChI is InChI=1S/C15H14F4N2/c1-2-21-14(10-4-3-5-11(16)8-10)12-9-20-7-6-13(12)15(17,18)19/h3-9,14,21H,2H2,1H3. The number of pyridine rings is 1. The van der Waals surface area contributed by atoms with Crippen LogP contribution in [0.1, 0.15) is 29.7 Å². The molecular formula is C15H14F4N2. The predicted molar refractivity (Wildman–Crippen MR) is 71.2 cm³/mol. The highest BCUT2D eigenvalue weighted by atomic mass is 19.4. The minimum absolute atomic E-state index is 0.0162. The van der Waals surface area contributed by atoms with E-state index in [1.165, 1.54) is 24.4 Å². The molecule has 1 aromatic heterocycles. The second kappa shape index (κ2) is 6.22. The van der Waals surface area contributed by atoms with Crippen LogP contribution in [0.4, 0.5) is 17.6 Å². The number of nitrogens with zero attached hydrogens (tertiary/aromatic N) is 1. The van der Waals surface area contributed by atoms with Crippen LogP contribution in [0.25, 0.3) is 0 Å². The SMILES string of the molecule is CCNC(c1cccc(F)c1)c1cnccc1C(F)(F)F. The van der Waals surface area contributed by atoms with Gasteiger partial charge in [0.25, 0.3) is 0 Å². The molecule has 0 amide bonds. The average Bonchev–Trinajstić information content (AvgIpc) is 2.44. The molecule has 21 heavy (non-hydrogen) atoms. The molecule has 0 aliphatic heterocycles. The molecule has 1 unspecified atom stereocenters. The van der Waals surface area contributed by atoms with E-state index in [2.05, 4.69) is 10.3 Å². The highest BCUT2D eigenvalue weighted by Crippen LogP contribution is 2.36. The molecule has 6 heteroatoms. The maximum Gasteiger partial charge on any atom is 0.416 e. The Kier molecular flexibility index (Phi) is 4.57. The van der Waals surface area contributed by atoms with Gasteiger partial charge in [0.2, 0.25) is 0 Å². The average molecular weight is 298 g/mol. The first-order valence-corrected chi connectivity index (χ1v) is 6.43. The Morgan fingerprint density at radius 2 is 2.00 bits per heavy atom. The molecular weight excluding hydrogens is 284 g/mol. The van der Waals surface area contributed by atoms with E-state index in [9.17, 15) is 17.6 Å². The van der Waals surface area contributed by atoms with Crippen LogP contribution in [0, 0.1) is 5.82 Å². The van der Waals surface area contributed by atoms with E-state index < -0.39 is 23.6 Å². The first kappa shape index (κ1) is 15.4. The predicted octanol–water partition coefficient (Wildman–Crippen LogP) is 3.94. The molecule has 0 fully saturated rings. The summed E-state index contributed by atoms with van der Waals surface area (Å²) in [6.07, 6.45) is -2.22. The topological polar surface area (TPSA) is 24.9 Å². The molecule has 0 spiro atoms. The van der Waals surface area contributed by atoms with Gasteiger partial charge in [0.15, 0.2) is 0 Å². The zero-order valence-corrected chi connectivity index (χ0v) is 11.3. The summed E-state index contributed by atoms with van der Waals surface area (Å²) in [4.78, 5) is 3.78. The van der Waals surface area contributed by atoms with Crippen LogP contribution in [0.2, 0.25) is 0 Å². The summed E-state index contributed by atoms with van der Waals surface area (Å²) in [6, 6.07) is 5.69. The summed E-state index contributed by atoms with van der Waals surface area (Å²) >= 11 is 0. The molecule has 0 saturated carbocycles. The van der Waals surface area contributed by atoms with E-state index in [1.54, 1.807) is 13.0 Å². The lowest BCUT2D eigenvalue weighted by molar-refractivity contribution is -0.138. The molecule has 2 aromatic rings. The van der Waals surface area contributed by atoms with Crippen molar-refractivity contribution in [1.82, 2.24) is 10.3 Å². The fourth-order valence-electron chi connectivity index (χ4n) is 2.19. The van der Waals surface area contributed by atoms with Crippen molar-refractivity contribution in [2.75, 3.05) is 6.54 Å². The van der Waals surface area contributed by atoms with Crippen molar-refractivity contribution >= 4 is 0 Å². The number of halogens is 4. The molecule has 0 radical (unpaired) electrons. The summed E-state index contributed by atoms with van der Waals surface area (Å²) in [5, 5.41) is 2.95. The summed E-state index contributed by atoms with van der Waals surface area (Å²) in [5.41, 5.74) is -0.361. The number of hydrogen-bond acceptors (Lipinski definition) is 2. The Morgan fingerprint density at radius 3 is 2.62 bits per heavy atom. The van der Waals surface area contributed by atoms with Crippen LogP contribution in [0.3, 0.4) is 0 Å². The lowest BCUT2D eigenvalue weighted by Crippen LogP contribution is -2.25. The number of rotatable bonds is 4. The van der Waals surface area contributed by atoms with Crippen molar-refractivity contribution in [3.05, 3.63) is 65.2 Å². The van der Waals surface area contributed by atoms with Crippen LogP contribution in [0.5, 0.6) is 0 Å². The van der Waals surface area contributed by atoms with Gasteiger partial charge < -0.3 is 5.32 Å². The third kappa shape index (κ3) is 3.58. The number of benzene rings is 1. The van der Waals surface area contributed by atoms with Crippen molar-refractivity contribution in [2.24, 2.45) is 0 Å². The van der Waals surface area contributed by atoms with Crippen molar-refractivity contribution in [1.29, 1.82) is 0 Å². The lowest BCUT2D eigenvalue weighted by atomic mass is 9.95. The highest BCUT2D eigenvalue weighted by molar-refractivity contribution is 5.37. The molecule has 1 N–H and O–H groups in total. The minimum Gasteiger partial charge on any atom is -0.306 e. The van der Waals surface area contributed by atoms with E-state index >= 15 is 0 Å². The van der Waals surface area contributed by atoms with E-state index in [0.29, 0.717) is 12.1 Å². The van der Waals surface area contributed by atoms with Gasteiger partial charge >= 0.3 is 6.18 Å². The zero-order chi connectivity index (χ0) is 15.5. The maximum atomic E-state index is 13.4. The Morgan fingerprint density at radius 1 is 1.24 bits per heavy atom. The molecule has 2 nitrogen and oxygen atoms in total. The summed E-state index contributed by atoms with van der Waals surface area (Å²) in [6.45, 7) is 2.21.